The number of piperidine rings is 1. The molecule has 2 aromatic heterocycles. The number of carbonyl (C=O) groups is 1. The van der Waals surface area contributed by atoms with E-state index in [9.17, 15) is 18.0 Å². The van der Waals surface area contributed by atoms with Gasteiger partial charge in [-0.15, -0.1) is 0 Å². The molecule has 1 aromatic carbocycles. The van der Waals surface area contributed by atoms with Crippen molar-refractivity contribution < 1.29 is 32.2 Å². The Bertz CT molecular complexity index is 1450. The molecule has 0 spiro atoms. The first-order chi connectivity index (χ1) is 19.6. The molecule has 3 aromatic rings. The van der Waals surface area contributed by atoms with Gasteiger partial charge >= 0.3 is 12.2 Å². The summed E-state index contributed by atoms with van der Waals surface area (Å²) in [4.78, 5) is 34.6. The summed E-state index contributed by atoms with van der Waals surface area (Å²) < 4.78 is 57.0. The van der Waals surface area contributed by atoms with E-state index in [1.54, 1.807) is 12.3 Å². The minimum Gasteiger partial charge on any atom is -0.475 e. The Kier molecular flexibility index (Phi) is 6.90. The number of hydrogen-bond donors (Lipinski definition) is 1. The van der Waals surface area contributed by atoms with Crippen molar-refractivity contribution in [1.29, 1.82) is 0 Å². The molecule has 11 nitrogen and oxygen atoms in total. The molecule has 3 aliphatic rings. The fraction of sp³-hybridized carbons (Fsp3) is 0.444. The molecule has 41 heavy (non-hydrogen) atoms. The molecule has 2 saturated heterocycles. The summed E-state index contributed by atoms with van der Waals surface area (Å²) in [6, 6.07) is 5.66. The first-order valence-electron chi connectivity index (χ1n) is 13.2. The van der Waals surface area contributed by atoms with Gasteiger partial charge in [-0.3, -0.25) is 10.2 Å². The highest BCUT2D eigenvalue weighted by Crippen LogP contribution is 2.39. The van der Waals surface area contributed by atoms with Crippen LogP contribution in [0.4, 0.5) is 35.4 Å². The summed E-state index contributed by atoms with van der Waals surface area (Å²) in [6.07, 6.45) is -0.160. The van der Waals surface area contributed by atoms with Crippen molar-refractivity contribution in [2.45, 2.75) is 50.8 Å². The van der Waals surface area contributed by atoms with Crippen LogP contribution in [-0.2, 0) is 15.7 Å². The number of nitrogens with one attached hydrogen (secondary N) is 1. The summed E-state index contributed by atoms with van der Waals surface area (Å²) in [6.45, 7) is 5.59. The van der Waals surface area contributed by atoms with E-state index in [0.29, 0.717) is 24.7 Å². The third kappa shape index (κ3) is 5.75. The zero-order chi connectivity index (χ0) is 28.8. The van der Waals surface area contributed by atoms with E-state index in [4.69, 9.17) is 14.2 Å². The third-order valence-electron chi connectivity index (χ3n) is 7.08. The first kappa shape index (κ1) is 27.1. The number of benzene rings is 1. The average molecular weight is 572 g/mol. The monoisotopic (exact) mass is 571 g/mol. The van der Waals surface area contributed by atoms with Gasteiger partial charge in [-0.05, 0) is 38.8 Å². The smallest absolute Gasteiger partial charge is 0.416 e. The number of carbonyl (C=O) groups excluding carboxylic acids is 1. The van der Waals surface area contributed by atoms with Gasteiger partial charge in [0.25, 0.3) is 0 Å². The predicted molar refractivity (Wildman–Crippen MR) is 142 cm³/mol. The molecule has 3 aliphatic heterocycles. The molecule has 2 atom stereocenters. The van der Waals surface area contributed by atoms with Crippen LogP contribution in [0.1, 0.15) is 32.3 Å². The normalized spacial score (nSPS) is 21.4. The predicted octanol–water partition coefficient (Wildman–Crippen LogP) is 4.50. The summed E-state index contributed by atoms with van der Waals surface area (Å²) in [7, 11) is 0. The van der Waals surface area contributed by atoms with E-state index < -0.39 is 23.6 Å². The molecular formula is C27H28F3N7O4. The van der Waals surface area contributed by atoms with Gasteiger partial charge in [-0.2, -0.15) is 18.2 Å². The lowest BCUT2D eigenvalue weighted by molar-refractivity contribution is -0.141. The lowest BCUT2D eigenvalue weighted by Crippen LogP contribution is -2.56. The number of alkyl halides is 3. The SMILES string of the molecule is CC1(C)OCC(COc2ccnc(NC(=O)N3c4nc(-c5cccc(C(F)(F)F)c5)ncc4N4CCCC3C4)n2)O1. The van der Waals surface area contributed by atoms with Crippen molar-refractivity contribution in [3.63, 3.8) is 0 Å². The highest BCUT2D eigenvalue weighted by molar-refractivity contribution is 6.03. The second-order valence-electron chi connectivity index (χ2n) is 10.5. The van der Waals surface area contributed by atoms with Gasteiger partial charge in [0.1, 0.15) is 12.7 Å². The van der Waals surface area contributed by atoms with Gasteiger partial charge < -0.3 is 19.1 Å². The second-order valence-corrected chi connectivity index (χ2v) is 10.5. The molecule has 2 amide bonds. The number of hydrogen-bond acceptors (Lipinski definition) is 9. The van der Waals surface area contributed by atoms with Crippen LogP contribution in [0.2, 0.25) is 0 Å². The Balaban J connectivity index is 1.24. The molecule has 0 radical (unpaired) electrons. The zero-order valence-electron chi connectivity index (χ0n) is 22.4. The zero-order valence-corrected chi connectivity index (χ0v) is 22.4. The largest absolute Gasteiger partial charge is 0.475 e. The van der Waals surface area contributed by atoms with E-state index in [-0.39, 0.29) is 42.0 Å². The number of urea groups is 1. The van der Waals surface area contributed by atoms with Gasteiger partial charge in [0.2, 0.25) is 11.8 Å². The van der Waals surface area contributed by atoms with Crippen molar-refractivity contribution in [2.75, 3.05) is 41.4 Å². The molecule has 216 valence electrons. The van der Waals surface area contributed by atoms with E-state index in [2.05, 4.69) is 30.2 Å². The Labute approximate surface area is 233 Å². The number of ether oxygens (including phenoxy) is 3. The van der Waals surface area contributed by atoms with Crippen molar-refractivity contribution in [3.8, 4) is 17.3 Å². The van der Waals surface area contributed by atoms with Crippen molar-refractivity contribution in [2.24, 2.45) is 0 Å². The Morgan fingerprint density at radius 3 is 2.85 bits per heavy atom. The maximum Gasteiger partial charge on any atom is 0.416 e. The van der Waals surface area contributed by atoms with E-state index in [0.717, 1.165) is 31.5 Å². The van der Waals surface area contributed by atoms with E-state index in [1.807, 2.05) is 13.8 Å². The van der Waals surface area contributed by atoms with E-state index >= 15 is 0 Å². The van der Waals surface area contributed by atoms with Crippen LogP contribution in [0, 0.1) is 0 Å². The van der Waals surface area contributed by atoms with Crippen LogP contribution in [0.15, 0.2) is 42.7 Å². The number of rotatable bonds is 5. The maximum atomic E-state index is 13.6. The van der Waals surface area contributed by atoms with Crippen LogP contribution in [0.3, 0.4) is 0 Å². The van der Waals surface area contributed by atoms with Crippen LogP contribution < -0.4 is 19.9 Å². The van der Waals surface area contributed by atoms with Crippen molar-refractivity contribution in [3.05, 3.63) is 48.3 Å². The Morgan fingerprint density at radius 2 is 2.07 bits per heavy atom. The molecule has 5 heterocycles. The lowest BCUT2D eigenvalue weighted by atomic mass is 10.0. The molecular weight excluding hydrogens is 543 g/mol. The molecule has 2 bridgehead atoms. The fourth-order valence-corrected chi connectivity index (χ4v) is 5.22. The Hall–Kier alpha value is -4.04. The van der Waals surface area contributed by atoms with Crippen LogP contribution >= 0.6 is 0 Å². The van der Waals surface area contributed by atoms with Crippen molar-refractivity contribution >= 4 is 23.5 Å². The van der Waals surface area contributed by atoms with Gasteiger partial charge in [0.05, 0.1) is 30.1 Å². The van der Waals surface area contributed by atoms with Crippen molar-refractivity contribution in [1.82, 2.24) is 19.9 Å². The number of fused-ring (bicyclic) bond motifs is 4. The standard InChI is InChI=1S/C27H28F3N7O4/c1-26(2)40-15-19(41-26)14-39-21-8-9-31-24(33-21)35-25(38)37-18-7-4-10-36(13-18)20-12-32-22(34-23(20)37)16-5-3-6-17(11-16)27(28,29)30/h3,5-6,8-9,11-12,18-19H,4,7,10,13-15H2,1-2H3,(H,31,33,35,38). The number of amides is 2. The second kappa shape index (κ2) is 10.4. The topological polar surface area (TPSA) is 115 Å². The van der Waals surface area contributed by atoms with Gasteiger partial charge in [-0.25, -0.2) is 19.7 Å². The third-order valence-corrected chi connectivity index (χ3v) is 7.08. The molecule has 6 rings (SSSR count). The van der Waals surface area contributed by atoms with Crippen LogP contribution in [-0.4, -0.2) is 70.2 Å². The highest BCUT2D eigenvalue weighted by Gasteiger charge is 2.39. The van der Waals surface area contributed by atoms with Crippen LogP contribution in [0.25, 0.3) is 11.4 Å². The Morgan fingerprint density at radius 1 is 1.22 bits per heavy atom. The summed E-state index contributed by atoms with van der Waals surface area (Å²) in [5.41, 5.74) is 0.0231. The molecule has 2 unspecified atom stereocenters. The van der Waals surface area contributed by atoms with Gasteiger partial charge in [0, 0.05) is 30.9 Å². The number of aromatic nitrogens is 4. The van der Waals surface area contributed by atoms with Gasteiger partial charge in [0.15, 0.2) is 17.4 Å². The minimum atomic E-state index is -4.51. The van der Waals surface area contributed by atoms with E-state index in [1.165, 1.54) is 23.2 Å². The van der Waals surface area contributed by atoms with Gasteiger partial charge in [-0.1, -0.05) is 12.1 Å². The summed E-state index contributed by atoms with van der Waals surface area (Å²) in [5.74, 6) is 0.00283. The quantitative estimate of drug-likeness (QED) is 0.473. The molecule has 14 heteroatoms. The van der Waals surface area contributed by atoms with Crippen LogP contribution in [0.5, 0.6) is 5.88 Å². The number of anilines is 3. The minimum absolute atomic E-state index is 0.0309. The average Bonchev–Trinajstić information content (AvgIpc) is 3.30. The summed E-state index contributed by atoms with van der Waals surface area (Å²) >= 11 is 0. The first-order valence-corrected chi connectivity index (χ1v) is 13.2. The molecule has 0 saturated carbocycles. The molecule has 0 aliphatic carbocycles. The fourth-order valence-electron chi connectivity index (χ4n) is 5.22. The highest BCUT2D eigenvalue weighted by atomic mass is 19.4. The molecule has 2 fully saturated rings. The lowest BCUT2D eigenvalue weighted by Gasteiger charge is -2.45. The molecule has 1 N–H and O–H groups in total. The number of halogens is 3. The summed E-state index contributed by atoms with van der Waals surface area (Å²) in [5, 5.41) is 2.73. The number of nitrogens with zero attached hydrogens (tertiary/aromatic N) is 6. The maximum absolute atomic E-state index is 13.6.